The number of rotatable bonds is 5. The van der Waals surface area contributed by atoms with E-state index in [1.807, 2.05) is 18.4 Å². The van der Waals surface area contributed by atoms with Crippen LogP contribution in [0.3, 0.4) is 0 Å². The van der Waals surface area contributed by atoms with Gasteiger partial charge in [0.15, 0.2) is 5.96 Å². The molecule has 0 saturated carbocycles. The zero-order valence-electron chi connectivity index (χ0n) is 14.3. The summed E-state index contributed by atoms with van der Waals surface area (Å²) in [6.07, 6.45) is 1.05. The van der Waals surface area contributed by atoms with E-state index >= 15 is 0 Å². The molecule has 2 atom stereocenters. The number of aliphatic imine (C=N–C) groups is 1. The van der Waals surface area contributed by atoms with Crippen LogP contribution in [0.5, 0.6) is 0 Å². The molecule has 0 spiro atoms. The van der Waals surface area contributed by atoms with Crippen molar-refractivity contribution in [3.63, 3.8) is 0 Å². The molecule has 1 aromatic heterocycles. The van der Waals surface area contributed by atoms with Gasteiger partial charge in [0.25, 0.3) is 0 Å². The fourth-order valence-electron chi connectivity index (χ4n) is 2.77. The van der Waals surface area contributed by atoms with E-state index in [9.17, 15) is 0 Å². The lowest BCUT2D eigenvalue weighted by Crippen LogP contribution is -2.47. The standard InChI is InChI=1S/C16H27IN4S.HI/c1-11(2)21-9-12(3)14(10-21)20-16(18-4)19-8-7-13-5-6-15(17)22-13;/h5-6,11-12,14H,7-10H2,1-4H3,(H2,18,19,20);1H. The molecule has 23 heavy (non-hydrogen) atoms. The third kappa shape index (κ3) is 6.66. The molecule has 2 heterocycles. The SMILES string of the molecule is CN=C(NCCc1ccc(I)s1)NC1CN(C(C)C)CC1C.I. The van der Waals surface area contributed by atoms with E-state index in [0.717, 1.165) is 25.5 Å². The molecule has 1 aliphatic heterocycles. The second-order valence-electron chi connectivity index (χ2n) is 6.23. The Labute approximate surface area is 175 Å². The number of halogens is 2. The molecule has 2 N–H and O–H groups in total. The summed E-state index contributed by atoms with van der Waals surface area (Å²) in [5.41, 5.74) is 0. The largest absolute Gasteiger partial charge is 0.356 e. The predicted molar refractivity (Wildman–Crippen MR) is 120 cm³/mol. The van der Waals surface area contributed by atoms with Gasteiger partial charge >= 0.3 is 0 Å². The normalized spacial score (nSPS) is 22.3. The molecule has 2 rings (SSSR count). The Hall–Kier alpha value is 0.390. The Bertz CT molecular complexity index is 504. The van der Waals surface area contributed by atoms with Crippen LogP contribution in [0.2, 0.25) is 0 Å². The highest BCUT2D eigenvalue weighted by Crippen LogP contribution is 2.19. The van der Waals surface area contributed by atoms with Gasteiger partial charge in [0.05, 0.1) is 2.88 Å². The number of guanidine groups is 1. The second kappa shape index (κ2) is 10.4. The van der Waals surface area contributed by atoms with Crippen molar-refractivity contribution in [2.24, 2.45) is 10.9 Å². The van der Waals surface area contributed by atoms with Crippen LogP contribution in [-0.4, -0.2) is 49.6 Å². The number of likely N-dealkylation sites (tertiary alicyclic amines) is 1. The first-order chi connectivity index (χ1) is 10.5. The number of hydrogen-bond donors (Lipinski definition) is 2. The average molecular weight is 562 g/mol. The molecule has 7 heteroatoms. The zero-order valence-corrected chi connectivity index (χ0v) is 19.6. The van der Waals surface area contributed by atoms with Gasteiger partial charge in [0.2, 0.25) is 0 Å². The quantitative estimate of drug-likeness (QED) is 0.329. The average Bonchev–Trinajstić information content (AvgIpc) is 3.04. The molecule has 1 aliphatic rings. The summed E-state index contributed by atoms with van der Waals surface area (Å²) in [5, 5.41) is 7.03. The highest BCUT2D eigenvalue weighted by molar-refractivity contribution is 14.1. The van der Waals surface area contributed by atoms with Crippen molar-refractivity contribution in [3.05, 3.63) is 19.9 Å². The van der Waals surface area contributed by atoms with Crippen molar-refractivity contribution in [1.29, 1.82) is 0 Å². The lowest BCUT2D eigenvalue weighted by molar-refractivity contribution is 0.265. The van der Waals surface area contributed by atoms with Crippen LogP contribution in [0.1, 0.15) is 25.6 Å². The van der Waals surface area contributed by atoms with E-state index in [0.29, 0.717) is 18.0 Å². The van der Waals surface area contributed by atoms with Gasteiger partial charge in [0, 0.05) is 43.6 Å². The van der Waals surface area contributed by atoms with Gasteiger partial charge in [0.1, 0.15) is 0 Å². The van der Waals surface area contributed by atoms with E-state index in [1.165, 1.54) is 14.3 Å². The van der Waals surface area contributed by atoms with Crippen molar-refractivity contribution in [1.82, 2.24) is 15.5 Å². The number of thiophene rings is 1. The summed E-state index contributed by atoms with van der Waals surface area (Å²) in [6, 6.07) is 5.49. The minimum atomic E-state index is 0. The summed E-state index contributed by atoms with van der Waals surface area (Å²) in [5.74, 6) is 1.58. The molecule has 0 radical (unpaired) electrons. The zero-order chi connectivity index (χ0) is 16.1. The third-order valence-corrected chi connectivity index (χ3v) is 6.16. The maximum atomic E-state index is 4.37. The summed E-state index contributed by atoms with van der Waals surface area (Å²) >= 11 is 4.24. The Kier molecular flexibility index (Phi) is 9.69. The van der Waals surface area contributed by atoms with Crippen LogP contribution in [0.4, 0.5) is 0 Å². The van der Waals surface area contributed by atoms with Crippen LogP contribution in [-0.2, 0) is 6.42 Å². The molecule has 1 fully saturated rings. The first kappa shape index (κ1) is 21.4. The minimum absolute atomic E-state index is 0. The third-order valence-electron chi connectivity index (χ3n) is 4.21. The Morgan fingerprint density at radius 1 is 1.43 bits per heavy atom. The summed E-state index contributed by atoms with van der Waals surface area (Å²) in [6.45, 7) is 10.0. The molecule has 0 aromatic carbocycles. The summed E-state index contributed by atoms with van der Waals surface area (Å²) in [4.78, 5) is 8.32. The highest BCUT2D eigenvalue weighted by Gasteiger charge is 2.31. The first-order valence-corrected chi connectivity index (χ1v) is 9.84. The van der Waals surface area contributed by atoms with Gasteiger partial charge in [-0.3, -0.25) is 9.89 Å². The Balaban J connectivity index is 0.00000264. The Morgan fingerprint density at radius 2 is 2.17 bits per heavy atom. The van der Waals surface area contributed by atoms with Gasteiger partial charge in [-0.1, -0.05) is 6.92 Å². The molecule has 4 nitrogen and oxygen atoms in total. The molecule has 0 amide bonds. The van der Waals surface area contributed by atoms with Crippen LogP contribution in [0, 0.1) is 8.80 Å². The summed E-state index contributed by atoms with van der Waals surface area (Å²) < 4.78 is 1.35. The van der Waals surface area contributed by atoms with Crippen molar-refractivity contribution in [2.75, 3.05) is 26.7 Å². The van der Waals surface area contributed by atoms with Crippen LogP contribution in [0.25, 0.3) is 0 Å². The van der Waals surface area contributed by atoms with E-state index < -0.39 is 0 Å². The molecule has 0 bridgehead atoms. The predicted octanol–water partition coefficient (Wildman–Crippen LogP) is 3.41. The molecule has 1 aromatic rings. The van der Waals surface area contributed by atoms with E-state index in [1.54, 1.807) is 0 Å². The van der Waals surface area contributed by atoms with Crippen molar-refractivity contribution in [2.45, 2.75) is 39.3 Å². The van der Waals surface area contributed by atoms with E-state index in [-0.39, 0.29) is 24.0 Å². The number of nitrogens with zero attached hydrogens (tertiary/aromatic N) is 2. The molecule has 132 valence electrons. The molecular weight excluding hydrogens is 534 g/mol. The fourth-order valence-corrected chi connectivity index (χ4v) is 4.53. The smallest absolute Gasteiger partial charge is 0.191 e. The number of nitrogens with one attached hydrogen (secondary N) is 2. The highest BCUT2D eigenvalue weighted by atomic mass is 127. The molecule has 2 unspecified atom stereocenters. The van der Waals surface area contributed by atoms with Crippen LogP contribution < -0.4 is 10.6 Å². The van der Waals surface area contributed by atoms with Crippen LogP contribution >= 0.6 is 57.9 Å². The van der Waals surface area contributed by atoms with Gasteiger partial charge < -0.3 is 10.6 Å². The van der Waals surface area contributed by atoms with E-state index in [4.69, 9.17) is 0 Å². The van der Waals surface area contributed by atoms with Crippen molar-refractivity contribution >= 4 is 63.9 Å². The number of hydrogen-bond acceptors (Lipinski definition) is 3. The summed E-state index contributed by atoms with van der Waals surface area (Å²) in [7, 11) is 1.85. The maximum Gasteiger partial charge on any atom is 0.191 e. The van der Waals surface area contributed by atoms with Gasteiger partial charge in [-0.05, 0) is 60.9 Å². The van der Waals surface area contributed by atoms with Crippen LogP contribution in [0.15, 0.2) is 17.1 Å². The molecule has 0 aliphatic carbocycles. The van der Waals surface area contributed by atoms with Gasteiger partial charge in [-0.15, -0.1) is 35.3 Å². The van der Waals surface area contributed by atoms with Gasteiger partial charge in [-0.2, -0.15) is 0 Å². The minimum Gasteiger partial charge on any atom is -0.356 e. The van der Waals surface area contributed by atoms with Crippen molar-refractivity contribution in [3.8, 4) is 0 Å². The maximum absolute atomic E-state index is 4.37. The lowest BCUT2D eigenvalue weighted by Gasteiger charge is -2.21. The molecule has 1 saturated heterocycles. The van der Waals surface area contributed by atoms with E-state index in [2.05, 4.69) is 76.0 Å². The van der Waals surface area contributed by atoms with Crippen molar-refractivity contribution < 1.29 is 0 Å². The Morgan fingerprint density at radius 3 is 2.70 bits per heavy atom. The topological polar surface area (TPSA) is 39.7 Å². The first-order valence-electron chi connectivity index (χ1n) is 7.95. The second-order valence-corrected chi connectivity index (χ2v) is 9.29. The van der Waals surface area contributed by atoms with Gasteiger partial charge in [-0.25, -0.2) is 0 Å². The molecular formula is C16H28I2N4S. The lowest BCUT2D eigenvalue weighted by atomic mass is 10.1. The monoisotopic (exact) mass is 562 g/mol. The fraction of sp³-hybridized carbons (Fsp3) is 0.688.